The Labute approximate surface area is 116 Å². The van der Waals surface area contributed by atoms with Crippen molar-refractivity contribution in [1.82, 2.24) is 5.32 Å². The van der Waals surface area contributed by atoms with E-state index in [0.29, 0.717) is 6.04 Å². The Morgan fingerprint density at radius 3 is 2.74 bits per heavy atom. The van der Waals surface area contributed by atoms with Gasteiger partial charge in [0.15, 0.2) is 0 Å². The summed E-state index contributed by atoms with van der Waals surface area (Å²) in [5, 5.41) is 3.43. The molecule has 0 aliphatic heterocycles. The standard InChI is InChI=1S/C16H25FN2/c1-3-4-5-8-19(2)16-10-13(9-14(17)11-16)12-18-15-6-7-15/h9-11,15,18H,3-8,12H2,1-2H3. The van der Waals surface area contributed by atoms with Gasteiger partial charge in [-0.1, -0.05) is 19.8 Å². The molecule has 0 bridgehead atoms. The number of hydrogen-bond donors (Lipinski definition) is 1. The van der Waals surface area contributed by atoms with E-state index in [-0.39, 0.29) is 5.82 Å². The second kappa shape index (κ2) is 6.90. The second-order valence-electron chi connectivity index (χ2n) is 5.60. The molecule has 3 heteroatoms. The highest BCUT2D eigenvalue weighted by molar-refractivity contribution is 5.48. The molecule has 1 aromatic carbocycles. The van der Waals surface area contributed by atoms with E-state index in [1.807, 2.05) is 7.05 Å². The maximum atomic E-state index is 13.7. The number of nitrogens with one attached hydrogen (secondary N) is 1. The van der Waals surface area contributed by atoms with Gasteiger partial charge in [0.2, 0.25) is 0 Å². The zero-order chi connectivity index (χ0) is 13.7. The van der Waals surface area contributed by atoms with Crippen LogP contribution in [-0.2, 0) is 6.54 Å². The van der Waals surface area contributed by atoms with Crippen LogP contribution in [0.3, 0.4) is 0 Å². The summed E-state index contributed by atoms with van der Waals surface area (Å²) in [5.41, 5.74) is 2.04. The average Bonchev–Trinajstić information content (AvgIpc) is 3.20. The molecule has 19 heavy (non-hydrogen) atoms. The van der Waals surface area contributed by atoms with Gasteiger partial charge in [-0.15, -0.1) is 0 Å². The molecule has 2 nitrogen and oxygen atoms in total. The molecule has 0 atom stereocenters. The van der Waals surface area contributed by atoms with Crippen LogP contribution >= 0.6 is 0 Å². The summed E-state index contributed by atoms with van der Waals surface area (Å²) in [4.78, 5) is 2.15. The van der Waals surface area contributed by atoms with Crippen molar-refractivity contribution in [1.29, 1.82) is 0 Å². The minimum atomic E-state index is -0.132. The molecule has 1 aliphatic rings. The topological polar surface area (TPSA) is 15.3 Å². The van der Waals surface area contributed by atoms with Crippen LogP contribution in [0.5, 0.6) is 0 Å². The van der Waals surface area contributed by atoms with Gasteiger partial charge in [-0.2, -0.15) is 0 Å². The van der Waals surface area contributed by atoms with E-state index in [9.17, 15) is 4.39 Å². The molecule has 1 aromatic rings. The van der Waals surface area contributed by atoms with Gasteiger partial charge in [0.25, 0.3) is 0 Å². The predicted molar refractivity (Wildman–Crippen MR) is 79.1 cm³/mol. The number of hydrogen-bond acceptors (Lipinski definition) is 2. The summed E-state index contributed by atoms with van der Waals surface area (Å²) in [6.45, 7) is 3.97. The minimum absolute atomic E-state index is 0.132. The molecule has 106 valence electrons. The minimum Gasteiger partial charge on any atom is -0.375 e. The number of anilines is 1. The first-order valence-electron chi connectivity index (χ1n) is 7.43. The molecule has 2 rings (SSSR count). The van der Waals surface area contributed by atoms with Crippen molar-refractivity contribution in [2.75, 3.05) is 18.5 Å². The van der Waals surface area contributed by atoms with E-state index in [4.69, 9.17) is 0 Å². The Morgan fingerprint density at radius 1 is 1.26 bits per heavy atom. The Kier molecular flexibility index (Phi) is 5.20. The first-order chi connectivity index (χ1) is 9.19. The smallest absolute Gasteiger partial charge is 0.125 e. The summed E-state index contributed by atoms with van der Waals surface area (Å²) in [6.07, 6.45) is 6.14. The van der Waals surface area contributed by atoms with Gasteiger partial charge in [0.05, 0.1) is 0 Å². The molecule has 0 amide bonds. The third-order valence-corrected chi connectivity index (χ3v) is 3.65. The van der Waals surface area contributed by atoms with Gasteiger partial charge in [-0.3, -0.25) is 0 Å². The highest BCUT2D eigenvalue weighted by Crippen LogP contribution is 2.21. The highest BCUT2D eigenvalue weighted by atomic mass is 19.1. The van der Waals surface area contributed by atoms with E-state index in [1.54, 1.807) is 12.1 Å². The molecule has 1 saturated carbocycles. The molecule has 0 aromatic heterocycles. The number of rotatable bonds is 8. The van der Waals surface area contributed by atoms with Crippen LogP contribution in [0.15, 0.2) is 18.2 Å². The quantitative estimate of drug-likeness (QED) is 0.720. The van der Waals surface area contributed by atoms with Crippen molar-refractivity contribution < 1.29 is 4.39 Å². The lowest BCUT2D eigenvalue weighted by Gasteiger charge is -2.20. The van der Waals surface area contributed by atoms with Gasteiger partial charge >= 0.3 is 0 Å². The van der Waals surface area contributed by atoms with Crippen LogP contribution < -0.4 is 10.2 Å². The predicted octanol–water partition coefficient (Wildman–Crippen LogP) is 3.70. The lowest BCUT2D eigenvalue weighted by Crippen LogP contribution is -2.20. The average molecular weight is 264 g/mol. The molecule has 0 spiro atoms. The van der Waals surface area contributed by atoms with Crippen molar-refractivity contribution in [2.24, 2.45) is 0 Å². The molecular weight excluding hydrogens is 239 g/mol. The van der Waals surface area contributed by atoms with Crippen LogP contribution in [0.1, 0.15) is 44.6 Å². The maximum absolute atomic E-state index is 13.7. The van der Waals surface area contributed by atoms with Crippen LogP contribution in [0.25, 0.3) is 0 Å². The van der Waals surface area contributed by atoms with Gasteiger partial charge in [-0.05, 0) is 43.0 Å². The molecule has 0 heterocycles. The Balaban J connectivity index is 1.93. The van der Waals surface area contributed by atoms with E-state index < -0.39 is 0 Å². The monoisotopic (exact) mass is 264 g/mol. The van der Waals surface area contributed by atoms with Gasteiger partial charge in [0, 0.05) is 31.9 Å². The lowest BCUT2D eigenvalue weighted by atomic mass is 10.1. The maximum Gasteiger partial charge on any atom is 0.125 e. The Hall–Kier alpha value is -1.09. The van der Waals surface area contributed by atoms with E-state index in [0.717, 1.165) is 24.3 Å². The first kappa shape index (κ1) is 14.3. The van der Waals surface area contributed by atoms with E-state index in [1.165, 1.54) is 32.1 Å². The fourth-order valence-electron chi connectivity index (χ4n) is 2.23. The molecule has 0 unspecified atom stereocenters. The van der Waals surface area contributed by atoms with Crippen molar-refractivity contribution in [2.45, 2.75) is 51.6 Å². The summed E-state index contributed by atoms with van der Waals surface area (Å²) < 4.78 is 13.7. The van der Waals surface area contributed by atoms with E-state index in [2.05, 4.69) is 23.2 Å². The molecule has 0 radical (unpaired) electrons. The number of nitrogens with zero attached hydrogens (tertiary/aromatic N) is 1. The zero-order valence-electron chi connectivity index (χ0n) is 12.1. The molecular formula is C16H25FN2. The van der Waals surface area contributed by atoms with Gasteiger partial charge in [-0.25, -0.2) is 4.39 Å². The number of benzene rings is 1. The SMILES string of the molecule is CCCCCN(C)c1cc(F)cc(CNC2CC2)c1. The molecule has 0 saturated heterocycles. The Morgan fingerprint density at radius 2 is 2.05 bits per heavy atom. The molecule has 1 fully saturated rings. The lowest BCUT2D eigenvalue weighted by molar-refractivity contribution is 0.618. The molecule has 1 N–H and O–H groups in total. The van der Waals surface area contributed by atoms with Crippen molar-refractivity contribution >= 4 is 5.69 Å². The van der Waals surface area contributed by atoms with Crippen LogP contribution in [0.4, 0.5) is 10.1 Å². The summed E-state index contributed by atoms with van der Waals surface area (Å²) in [5.74, 6) is -0.132. The highest BCUT2D eigenvalue weighted by Gasteiger charge is 2.20. The van der Waals surface area contributed by atoms with Crippen LogP contribution in [-0.4, -0.2) is 19.6 Å². The van der Waals surface area contributed by atoms with Crippen LogP contribution in [0, 0.1) is 5.82 Å². The van der Waals surface area contributed by atoms with Crippen LogP contribution in [0.2, 0.25) is 0 Å². The zero-order valence-corrected chi connectivity index (χ0v) is 12.1. The van der Waals surface area contributed by atoms with Gasteiger partial charge < -0.3 is 10.2 Å². The summed E-state index contributed by atoms with van der Waals surface area (Å²) in [7, 11) is 2.04. The largest absolute Gasteiger partial charge is 0.375 e. The fourth-order valence-corrected chi connectivity index (χ4v) is 2.23. The summed E-state index contributed by atoms with van der Waals surface area (Å²) >= 11 is 0. The normalized spacial score (nSPS) is 14.7. The van der Waals surface area contributed by atoms with Crippen molar-refractivity contribution in [3.63, 3.8) is 0 Å². The van der Waals surface area contributed by atoms with Crippen molar-refractivity contribution in [3.05, 3.63) is 29.6 Å². The third-order valence-electron chi connectivity index (χ3n) is 3.65. The molecule has 1 aliphatic carbocycles. The Bertz CT molecular complexity index is 402. The second-order valence-corrected chi connectivity index (χ2v) is 5.60. The fraction of sp³-hybridized carbons (Fsp3) is 0.625. The number of unbranched alkanes of at least 4 members (excludes halogenated alkanes) is 2. The first-order valence-corrected chi connectivity index (χ1v) is 7.43. The number of halogens is 1. The van der Waals surface area contributed by atoms with E-state index >= 15 is 0 Å². The summed E-state index contributed by atoms with van der Waals surface area (Å²) in [6, 6.07) is 6.03. The third kappa shape index (κ3) is 4.83. The van der Waals surface area contributed by atoms with Gasteiger partial charge in [0.1, 0.15) is 5.82 Å². The van der Waals surface area contributed by atoms with Crippen molar-refractivity contribution in [3.8, 4) is 0 Å².